The van der Waals surface area contributed by atoms with Crippen molar-refractivity contribution >= 4 is 16.0 Å². The van der Waals surface area contributed by atoms with E-state index in [0.717, 1.165) is 0 Å². The SMILES string of the molecule is C#CCN(CC)S(=O)(=O)c1ccc(OCCC(=O)O)cc1. The first-order valence-corrected chi connectivity index (χ1v) is 7.74. The lowest BCUT2D eigenvalue weighted by atomic mass is 10.3. The van der Waals surface area contributed by atoms with Crippen LogP contribution in [0, 0.1) is 12.3 Å². The molecule has 0 aliphatic rings. The minimum atomic E-state index is -3.62. The fraction of sp³-hybridized carbons (Fsp3) is 0.357. The third kappa shape index (κ3) is 4.77. The molecule has 7 heteroatoms. The molecule has 0 atom stereocenters. The van der Waals surface area contributed by atoms with Crippen LogP contribution in [0.15, 0.2) is 29.2 Å². The number of ether oxygens (including phenoxy) is 1. The molecule has 0 radical (unpaired) electrons. The molecule has 0 fully saturated rings. The molecule has 1 aromatic carbocycles. The van der Waals surface area contributed by atoms with Crippen molar-refractivity contribution in [2.24, 2.45) is 0 Å². The number of carboxylic acid groups (broad SMARTS) is 1. The molecule has 1 rings (SSSR count). The van der Waals surface area contributed by atoms with Gasteiger partial charge < -0.3 is 9.84 Å². The van der Waals surface area contributed by atoms with Gasteiger partial charge in [0.15, 0.2) is 0 Å². The lowest BCUT2D eigenvalue weighted by molar-refractivity contribution is -0.137. The molecule has 1 N–H and O–H groups in total. The zero-order valence-electron chi connectivity index (χ0n) is 11.7. The van der Waals surface area contributed by atoms with Gasteiger partial charge >= 0.3 is 5.97 Å². The van der Waals surface area contributed by atoms with E-state index in [1.54, 1.807) is 6.92 Å². The van der Waals surface area contributed by atoms with Crippen molar-refractivity contribution in [1.29, 1.82) is 0 Å². The van der Waals surface area contributed by atoms with Crippen LogP contribution in [0.25, 0.3) is 0 Å². The molecule has 6 nitrogen and oxygen atoms in total. The monoisotopic (exact) mass is 311 g/mol. The maximum atomic E-state index is 12.3. The highest BCUT2D eigenvalue weighted by molar-refractivity contribution is 7.89. The normalized spacial score (nSPS) is 11.1. The number of nitrogens with zero attached hydrogens (tertiary/aromatic N) is 1. The summed E-state index contributed by atoms with van der Waals surface area (Å²) in [7, 11) is -3.62. The van der Waals surface area contributed by atoms with Crippen molar-refractivity contribution in [3.05, 3.63) is 24.3 Å². The van der Waals surface area contributed by atoms with Crippen LogP contribution in [0.3, 0.4) is 0 Å². The molecule has 0 heterocycles. The molecule has 0 aliphatic carbocycles. The van der Waals surface area contributed by atoms with Gasteiger partial charge in [-0.1, -0.05) is 12.8 Å². The summed E-state index contributed by atoms with van der Waals surface area (Å²) in [5.74, 6) is 1.77. The van der Waals surface area contributed by atoms with E-state index in [-0.39, 0.29) is 31.0 Å². The van der Waals surface area contributed by atoms with Crippen molar-refractivity contribution in [2.45, 2.75) is 18.2 Å². The van der Waals surface area contributed by atoms with Gasteiger partial charge in [0.2, 0.25) is 10.0 Å². The van der Waals surface area contributed by atoms with Crippen LogP contribution >= 0.6 is 0 Å². The van der Waals surface area contributed by atoms with Gasteiger partial charge in [-0.2, -0.15) is 4.31 Å². The van der Waals surface area contributed by atoms with Crippen LogP contribution in [0.2, 0.25) is 0 Å². The maximum Gasteiger partial charge on any atom is 0.306 e. The Morgan fingerprint density at radius 3 is 2.48 bits per heavy atom. The van der Waals surface area contributed by atoms with Crippen LogP contribution in [-0.4, -0.2) is 43.5 Å². The molecule has 0 unspecified atom stereocenters. The standard InChI is InChI=1S/C14H17NO5S/c1-3-10-15(4-2)21(18,19)13-7-5-12(6-8-13)20-11-9-14(16)17/h1,5-8H,4,9-11H2,2H3,(H,16,17). The predicted molar refractivity (Wildman–Crippen MR) is 77.5 cm³/mol. The summed E-state index contributed by atoms with van der Waals surface area (Å²) < 4.78 is 30.9. The largest absolute Gasteiger partial charge is 0.493 e. The van der Waals surface area contributed by atoms with Gasteiger partial charge in [0.25, 0.3) is 0 Å². The van der Waals surface area contributed by atoms with Gasteiger partial charge in [-0.3, -0.25) is 4.79 Å². The third-order valence-corrected chi connectivity index (χ3v) is 4.60. The molecule has 0 amide bonds. The van der Waals surface area contributed by atoms with Crippen molar-refractivity contribution in [1.82, 2.24) is 4.31 Å². The summed E-state index contributed by atoms with van der Waals surface area (Å²) in [6.07, 6.45) is 5.04. The molecule has 0 spiro atoms. The summed E-state index contributed by atoms with van der Waals surface area (Å²) in [4.78, 5) is 10.5. The summed E-state index contributed by atoms with van der Waals surface area (Å²) in [5.41, 5.74) is 0. The molecule has 0 bridgehead atoms. The molecular formula is C14H17NO5S. The highest BCUT2D eigenvalue weighted by Gasteiger charge is 2.22. The van der Waals surface area contributed by atoms with E-state index in [2.05, 4.69) is 5.92 Å². The number of benzene rings is 1. The Hall–Kier alpha value is -2.04. The average molecular weight is 311 g/mol. The Kier molecular flexibility index (Phi) is 6.21. The van der Waals surface area contributed by atoms with Gasteiger partial charge in [0, 0.05) is 6.54 Å². The Morgan fingerprint density at radius 1 is 1.38 bits per heavy atom. The van der Waals surface area contributed by atoms with Crippen molar-refractivity contribution in [3.63, 3.8) is 0 Å². The number of hydrogen-bond acceptors (Lipinski definition) is 4. The van der Waals surface area contributed by atoms with Gasteiger partial charge in [-0.05, 0) is 24.3 Å². The van der Waals surface area contributed by atoms with E-state index >= 15 is 0 Å². The zero-order valence-corrected chi connectivity index (χ0v) is 12.5. The van der Waals surface area contributed by atoms with Gasteiger partial charge in [-0.25, -0.2) is 8.42 Å². The molecule has 0 saturated carbocycles. The van der Waals surface area contributed by atoms with Crippen LogP contribution in [0.5, 0.6) is 5.75 Å². The van der Waals surface area contributed by atoms with Gasteiger partial charge in [0.1, 0.15) is 5.75 Å². The highest BCUT2D eigenvalue weighted by atomic mass is 32.2. The topological polar surface area (TPSA) is 83.9 Å². The predicted octanol–water partition coefficient (Wildman–Crippen LogP) is 1.18. The molecule has 1 aromatic rings. The van der Waals surface area contributed by atoms with Crippen molar-refractivity contribution in [2.75, 3.05) is 19.7 Å². The lowest BCUT2D eigenvalue weighted by Gasteiger charge is -2.17. The number of carbonyl (C=O) groups is 1. The summed E-state index contributed by atoms with van der Waals surface area (Å²) >= 11 is 0. The smallest absolute Gasteiger partial charge is 0.306 e. The number of hydrogen-bond donors (Lipinski definition) is 1. The second-order valence-corrected chi connectivity index (χ2v) is 6.04. The highest BCUT2D eigenvalue weighted by Crippen LogP contribution is 2.19. The number of aliphatic carboxylic acids is 1. The molecule has 21 heavy (non-hydrogen) atoms. The summed E-state index contributed by atoms with van der Waals surface area (Å²) in [6.45, 7) is 2.02. The number of rotatable bonds is 8. The quantitative estimate of drug-likeness (QED) is 0.729. The van der Waals surface area contributed by atoms with Gasteiger partial charge in [0.05, 0.1) is 24.5 Å². The molecule has 114 valence electrons. The molecule has 0 aromatic heterocycles. The zero-order chi connectivity index (χ0) is 15.9. The van der Waals surface area contributed by atoms with Crippen molar-refractivity contribution in [3.8, 4) is 18.1 Å². The Morgan fingerprint density at radius 2 is 2.00 bits per heavy atom. The van der Waals surface area contributed by atoms with E-state index in [4.69, 9.17) is 16.3 Å². The first kappa shape index (κ1) is 17.0. The van der Waals surface area contributed by atoms with Crippen LogP contribution in [0.1, 0.15) is 13.3 Å². The summed E-state index contributed by atoms with van der Waals surface area (Å²) in [6, 6.07) is 5.78. The minimum Gasteiger partial charge on any atom is -0.493 e. The second kappa shape index (κ2) is 7.67. The first-order valence-electron chi connectivity index (χ1n) is 6.30. The fourth-order valence-electron chi connectivity index (χ4n) is 1.58. The van der Waals surface area contributed by atoms with Crippen molar-refractivity contribution < 1.29 is 23.1 Å². The maximum absolute atomic E-state index is 12.3. The van der Waals surface area contributed by atoms with Crippen LogP contribution < -0.4 is 4.74 Å². The first-order chi connectivity index (χ1) is 9.91. The average Bonchev–Trinajstić information content (AvgIpc) is 2.44. The number of carboxylic acids is 1. The second-order valence-electron chi connectivity index (χ2n) is 4.10. The van der Waals surface area contributed by atoms with Crippen LogP contribution in [-0.2, 0) is 14.8 Å². The summed E-state index contributed by atoms with van der Waals surface area (Å²) in [5, 5.41) is 8.50. The number of terminal acetylenes is 1. The van der Waals surface area contributed by atoms with E-state index in [1.165, 1.54) is 28.6 Å². The van der Waals surface area contributed by atoms with Crippen LogP contribution in [0.4, 0.5) is 0 Å². The Labute approximate surface area is 124 Å². The lowest BCUT2D eigenvalue weighted by Crippen LogP contribution is -2.31. The molecule has 0 saturated heterocycles. The molecule has 0 aliphatic heterocycles. The van der Waals surface area contributed by atoms with E-state index in [1.807, 2.05) is 0 Å². The van der Waals surface area contributed by atoms with Gasteiger partial charge in [-0.15, -0.1) is 6.42 Å². The van der Waals surface area contributed by atoms with E-state index in [0.29, 0.717) is 5.75 Å². The third-order valence-electron chi connectivity index (χ3n) is 2.67. The Balaban J connectivity index is 2.81. The van der Waals surface area contributed by atoms with E-state index in [9.17, 15) is 13.2 Å². The Bertz CT molecular complexity index is 616. The molecular weight excluding hydrogens is 294 g/mol. The number of sulfonamides is 1. The van der Waals surface area contributed by atoms with E-state index < -0.39 is 16.0 Å². The minimum absolute atomic E-state index is 0.00962. The fourth-order valence-corrected chi connectivity index (χ4v) is 2.94.